The first-order chi connectivity index (χ1) is 5.41. The van der Waals surface area contributed by atoms with Crippen molar-refractivity contribution in [3.63, 3.8) is 0 Å². The van der Waals surface area contributed by atoms with Crippen molar-refractivity contribution >= 4 is 0 Å². The number of hydrogen-bond acceptors (Lipinski definition) is 0. The van der Waals surface area contributed by atoms with E-state index in [1.807, 2.05) is 0 Å². The molecule has 0 spiro atoms. The second-order valence-electron chi connectivity index (χ2n) is 2.88. The lowest BCUT2D eigenvalue weighted by Gasteiger charge is -1.97. The molecule has 0 atom stereocenters. The summed E-state index contributed by atoms with van der Waals surface area (Å²) in [5.41, 5.74) is 0. The molecule has 0 aliphatic carbocycles. The van der Waals surface area contributed by atoms with Gasteiger partial charge in [-0.25, -0.2) is 0 Å². The van der Waals surface area contributed by atoms with Gasteiger partial charge in [0, 0.05) is 6.42 Å². The van der Waals surface area contributed by atoms with Gasteiger partial charge in [0.15, 0.2) is 0 Å². The highest BCUT2D eigenvalue weighted by Crippen LogP contribution is 2.06. The van der Waals surface area contributed by atoms with Gasteiger partial charge in [0.2, 0.25) is 0 Å². The minimum absolute atomic E-state index is 0.910. The maximum Gasteiger partial charge on any atom is 0.00887 e. The smallest absolute Gasteiger partial charge is 0.00887 e. The highest BCUT2D eigenvalue weighted by atomic mass is 13.9. The second kappa shape index (κ2) is 9.56. The zero-order valence-electron chi connectivity index (χ0n) is 7.60. The zero-order chi connectivity index (χ0) is 8.36. The van der Waals surface area contributed by atoms with E-state index in [1.165, 1.54) is 32.1 Å². The molecule has 0 aromatic rings. The van der Waals surface area contributed by atoms with Crippen LogP contribution < -0.4 is 0 Å². The number of terminal acetylenes is 1. The first kappa shape index (κ1) is 10.6. The molecule has 0 amide bonds. The van der Waals surface area contributed by atoms with Crippen molar-refractivity contribution in [2.75, 3.05) is 0 Å². The van der Waals surface area contributed by atoms with Crippen LogP contribution in [0.25, 0.3) is 0 Å². The number of hydrogen-bond donors (Lipinski definition) is 0. The Bertz CT molecular complexity index is 97.1. The van der Waals surface area contributed by atoms with Crippen molar-refractivity contribution in [3.8, 4) is 12.3 Å². The maximum absolute atomic E-state index is 5.12. The third-order valence-corrected chi connectivity index (χ3v) is 1.75. The Hall–Kier alpha value is -0.440. The first-order valence-electron chi connectivity index (χ1n) is 4.67. The second-order valence-corrected chi connectivity index (χ2v) is 2.88. The fourth-order valence-corrected chi connectivity index (χ4v) is 1.05. The molecule has 1 radical (unpaired) electrons. The van der Waals surface area contributed by atoms with Crippen LogP contribution in [0.3, 0.4) is 0 Å². The molecule has 0 aromatic carbocycles. The van der Waals surface area contributed by atoms with Crippen molar-refractivity contribution in [1.82, 2.24) is 0 Å². The van der Waals surface area contributed by atoms with Gasteiger partial charge in [0.1, 0.15) is 0 Å². The quantitative estimate of drug-likeness (QED) is 0.385. The first-order valence-corrected chi connectivity index (χ1v) is 4.67. The molecule has 0 saturated carbocycles. The minimum atomic E-state index is 0.910. The Balaban J connectivity index is 2.75. The van der Waals surface area contributed by atoms with Gasteiger partial charge in [0.25, 0.3) is 0 Å². The van der Waals surface area contributed by atoms with E-state index in [4.69, 9.17) is 6.42 Å². The molecular weight excluding hydrogens is 132 g/mol. The molecule has 0 aliphatic rings. The Labute approximate surface area is 71.4 Å². The summed E-state index contributed by atoms with van der Waals surface area (Å²) in [6.45, 7) is 2.24. The number of unbranched alkanes of at least 4 members (excludes halogenated alkanes) is 7. The fourth-order valence-electron chi connectivity index (χ4n) is 1.05. The minimum Gasteiger partial charge on any atom is -0.120 e. The van der Waals surface area contributed by atoms with Crippen LogP contribution in [0.1, 0.15) is 51.9 Å². The van der Waals surface area contributed by atoms with E-state index in [-0.39, 0.29) is 0 Å². The summed E-state index contributed by atoms with van der Waals surface area (Å²) in [5.74, 6) is 2.64. The molecule has 11 heavy (non-hydrogen) atoms. The molecule has 0 heterocycles. The standard InChI is InChI=1S/C11H19/c1-3-5-7-9-11-10-8-6-4-2/h1,9H,4-8,10-11H2,2H3. The van der Waals surface area contributed by atoms with E-state index in [0.29, 0.717) is 0 Å². The van der Waals surface area contributed by atoms with Crippen LogP contribution in [0.2, 0.25) is 0 Å². The average Bonchev–Trinajstić information content (AvgIpc) is 2.03. The van der Waals surface area contributed by atoms with Gasteiger partial charge in [-0.2, -0.15) is 0 Å². The molecule has 0 unspecified atom stereocenters. The SMILES string of the molecule is C#CCC[CH]CCCCCC. The summed E-state index contributed by atoms with van der Waals surface area (Å²) in [7, 11) is 0. The summed E-state index contributed by atoms with van der Waals surface area (Å²) in [6.07, 6.45) is 16.1. The monoisotopic (exact) mass is 151 g/mol. The largest absolute Gasteiger partial charge is 0.120 e. The van der Waals surface area contributed by atoms with E-state index in [9.17, 15) is 0 Å². The van der Waals surface area contributed by atoms with Gasteiger partial charge in [-0.3, -0.25) is 0 Å². The Morgan fingerprint density at radius 2 is 2.00 bits per heavy atom. The molecule has 0 N–H and O–H groups in total. The predicted molar refractivity (Wildman–Crippen MR) is 51.1 cm³/mol. The highest BCUT2D eigenvalue weighted by molar-refractivity contribution is 4.85. The lowest BCUT2D eigenvalue weighted by atomic mass is 10.1. The Morgan fingerprint density at radius 3 is 2.64 bits per heavy atom. The summed E-state index contributed by atoms with van der Waals surface area (Å²) in [6, 6.07) is 0. The molecule has 0 aromatic heterocycles. The zero-order valence-corrected chi connectivity index (χ0v) is 7.60. The number of rotatable bonds is 7. The molecule has 0 rings (SSSR count). The van der Waals surface area contributed by atoms with E-state index in [2.05, 4.69) is 19.3 Å². The molecule has 63 valence electrons. The molecule has 0 nitrogen and oxygen atoms in total. The van der Waals surface area contributed by atoms with Crippen molar-refractivity contribution < 1.29 is 0 Å². The normalized spacial score (nSPS) is 9.45. The van der Waals surface area contributed by atoms with Gasteiger partial charge in [-0.15, -0.1) is 12.3 Å². The average molecular weight is 151 g/mol. The summed E-state index contributed by atoms with van der Waals surface area (Å²) >= 11 is 0. The van der Waals surface area contributed by atoms with Crippen LogP contribution in [0.5, 0.6) is 0 Å². The van der Waals surface area contributed by atoms with Gasteiger partial charge in [0.05, 0.1) is 0 Å². The maximum atomic E-state index is 5.12. The molecule has 0 saturated heterocycles. The summed E-state index contributed by atoms with van der Waals surface area (Å²) in [5, 5.41) is 0. The van der Waals surface area contributed by atoms with Crippen LogP contribution >= 0.6 is 0 Å². The molecule has 0 heteroatoms. The topological polar surface area (TPSA) is 0 Å². The third kappa shape index (κ3) is 9.56. The van der Waals surface area contributed by atoms with E-state index >= 15 is 0 Å². The summed E-state index contributed by atoms with van der Waals surface area (Å²) in [4.78, 5) is 0. The van der Waals surface area contributed by atoms with Crippen molar-refractivity contribution in [1.29, 1.82) is 0 Å². The Morgan fingerprint density at radius 1 is 1.18 bits per heavy atom. The third-order valence-electron chi connectivity index (χ3n) is 1.75. The van der Waals surface area contributed by atoms with E-state index < -0.39 is 0 Å². The van der Waals surface area contributed by atoms with Crippen LogP contribution in [0, 0.1) is 18.8 Å². The van der Waals surface area contributed by atoms with Gasteiger partial charge in [-0.05, 0) is 12.8 Å². The van der Waals surface area contributed by atoms with Crippen LogP contribution in [-0.4, -0.2) is 0 Å². The van der Waals surface area contributed by atoms with Crippen LogP contribution in [-0.2, 0) is 0 Å². The van der Waals surface area contributed by atoms with E-state index in [0.717, 1.165) is 12.8 Å². The van der Waals surface area contributed by atoms with Crippen LogP contribution in [0.4, 0.5) is 0 Å². The van der Waals surface area contributed by atoms with Crippen LogP contribution in [0.15, 0.2) is 0 Å². The fraction of sp³-hybridized carbons (Fsp3) is 0.727. The molecule has 0 fully saturated rings. The van der Waals surface area contributed by atoms with Crippen molar-refractivity contribution in [3.05, 3.63) is 6.42 Å². The van der Waals surface area contributed by atoms with E-state index in [1.54, 1.807) is 0 Å². The van der Waals surface area contributed by atoms with Gasteiger partial charge < -0.3 is 0 Å². The Kier molecular flexibility index (Phi) is 9.18. The molecule has 0 aliphatic heterocycles. The predicted octanol–water partition coefficient (Wildman–Crippen LogP) is 3.57. The lowest BCUT2D eigenvalue weighted by molar-refractivity contribution is 0.652. The van der Waals surface area contributed by atoms with Crippen molar-refractivity contribution in [2.45, 2.75) is 51.9 Å². The van der Waals surface area contributed by atoms with Gasteiger partial charge in [-0.1, -0.05) is 39.0 Å². The summed E-state index contributed by atoms with van der Waals surface area (Å²) < 4.78 is 0. The lowest BCUT2D eigenvalue weighted by Crippen LogP contribution is -1.79. The molecule has 0 bridgehead atoms. The van der Waals surface area contributed by atoms with Crippen molar-refractivity contribution in [2.24, 2.45) is 0 Å². The van der Waals surface area contributed by atoms with Gasteiger partial charge >= 0.3 is 0 Å². The molecular formula is C11H19. The highest BCUT2D eigenvalue weighted by Gasteiger charge is 1.88.